The lowest BCUT2D eigenvalue weighted by Gasteiger charge is -2.20. The second kappa shape index (κ2) is 10.2. The molecule has 0 saturated heterocycles. The molecule has 0 unspecified atom stereocenters. The van der Waals surface area contributed by atoms with Crippen LogP contribution in [0.1, 0.15) is 18.1 Å². The van der Waals surface area contributed by atoms with E-state index in [2.05, 4.69) is 14.8 Å². The first-order valence-corrected chi connectivity index (χ1v) is 7.23. The van der Waals surface area contributed by atoms with Gasteiger partial charge < -0.3 is 19.5 Å². The number of nitrogens with one attached hydrogen (secondary N) is 1. The molecule has 0 saturated carbocycles. The zero-order valence-electron chi connectivity index (χ0n) is 13.9. The van der Waals surface area contributed by atoms with Gasteiger partial charge in [-0.2, -0.15) is 0 Å². The van der Waals surface area contributed by atoms with Gasteiger partial charge >= 0.3 is 11.9 Å². The number of methoxy groups -OCH3 is 3. The summed E-state index contributed by atoms with van der Waals surface area (Å²) in [5.74, 6) is -1.66. The van der Waals surface area contributed by atoms with Crippen molar-refractivity contribution in [2.75, 3.05) is 21.3 Å². The number of hydrogen-bond donors (Lipinski definition) is 1. The number of esters is 2. The summed E-state index contributed by atoms with van der Waals surface area (Å²) in [6.07, 6.45) is 1.83. The number of benzene rings is 1. The highest BCUT2D eigenvalue weighted by Crippen LogP contribution is 2.16. The van der Waals surface area contributed by atoms with Gasteiger partial charge in [-0.05, 0) is 12.0 Å². The molecule has 7 heteroatoms. The minimum Gasteiger partial charge on any atom is -0.467 e. The Balaban J connectivity index is 2.81. The summed E-state index contributed by atoms with van der Waals surface area (Å²) in [6.45, 7) is 0. The van der Waals surface area contributed by atoms with Crippen LogP contribution in [0, 0.1) is 0 Å². The molecule has 7 nitrogen and oxygen atoms in total. The molecule has 0 bridgehead atoms. The fourth-order valence-corrected chi connectivity index (χ4v) is 1.99. The Kier molecular flexibility index (Phi) is 8.21. The van der Waals surface area contributed by atoms with E-state index in [4.69, 9.17) is 4.74 Å². The van der Waals surface area contributed by atoms with Crippen molar-refractivity contribution in [3.05, 3.63) is 48.0 Å². The number of amides is 1. The lowest BCUT2D eigenvalue weighted by molar-refractivity contribution is -0.146. The predicted octanol–water partition coefficient (Wildman–Crippen LogP) is 1.15. The van der Waals surface area contributed by atoms with E-state index in [1.165, 1.54) is 33.5 Å². The molecule has 24 heavy (non-hydrogen) atoms. The van der Waals surface area contributed by atoms with Crippen LogP contribution < -0.4 is 5.32 Å². The highest BCUT2D eigenvalue weighted by molar-refractivity contribution is 5.88. The molecule has 0 aliphatic heterocycles. The number of rotatable bonds is 8. The van der Waals surface area contributed by atoms with Crippen LogP contribution in [0.5, 0.6) is 0 Å². The van der Waals surface area contributed by atoms with Gasteiger partial charge in [-0.3, -0.25) is 4.79 Å². The Morgan fingerprint density at radius 2 is 1.75 bits per heavy atom. The van der Waals surface area contributed by atoms with Crippen molar-refractivity contribution >= 4 is 17.8 Å². The molecule has 2 atom stereocenters. The first-order valence-electron chi connectivity index (χ1n) is 7.23. The minimum atomic E-state index is -0.940. The topological polar surface area (TPSA) is 90.9 Å². The van der Waals surface area contributed by atoms with Crippen molar-refractivity contribution in [1.82, 2.24) is 5.32 Å². The Morgan fingerprint density at radius 1 is 1.08 bits per heavy atom. The van der Waals surface area contributed by atoms with Gasteiger partial charge in [-0.1, -0.05) is 36.4 Å². The molecule has 0 aromatic heterocycles. The second-order valence-corrected chi connectivity index (χ2v) is 4.77. The highest BCUT2D eigenvalue weighted by atomic mass is 16.5. The maximum Gasteiger partial charge on any atom is 0.330 e. The van der Waals surface area contributed by atoms with Gasteiger partial charge in [0.15, 0.2) is 6.10 Å². The summed E-state index contributed by atoms with van der Waals surface area (Å²) in [4.78, 5) is 35.3. The standard InChI is InChI=1S/C17H21NO6/c1-22-14(19)11-7-10-13(17(21)24-3)18-16(20)15(23-2)12-8-5-4-6-9-12/h4-9,11,13,15H,10H2,1-3H3,(H,18,20)/b11-7+/t13-,15+/m1/s1. The van der Waals surface area contributed by atoms with Crippen molar-refractivity contribution in [2.45, 2.75) is 18.6 Å². The molecular weight excluding hydrogens is 314 g/mol. The first kappa shape index (κ1) is 19.4. The van der Waals surface area contributed by atoms with E-state index in [0.717, 1.165) is 0 Å². The largest absolute Gasteiger partial charge is 0.467 e. The summed E-state index contributed by atoms with van der Waals surface area (Å²) in [5, 5.41) is 2.57. The van der Waals surface area contributed by atoms with Crippen LogP contribution in [0.25, 0.3) is 0 Å². The van der Waals surface area contributed by atoms with Gasteiger partial charge in [0.1, 0.15) is 6.04 Å². The average molecular weight is 335 g/mol. The maximum absolute atomic E-state index is 12.4. The third-order valence-corrected chi connectivity index (χ3v) is 3.21. The molecule has 1 rings (SSSR count). The molecule has 1 aromatic carbocycles. The summed E-state index contributed by atoms with van der Waals surface area (Å²) in [5.41, 5.74) is 0.659. The lowest BCUT2D eigenvalue weighted by atomic mass is 10.1. The summed E-state index contributed by atoms with van der Waals surface area (Å²) in [7, 11) is 3.87. The van der Waals surface area contributed by atoms with Gasteiger partial charge in [0.25, 0.3) is 5.91 Å². The van der Waals surface area contributed by atoms with Gasteiger partial charge in [-0.15, -0.1) is 0 Å². The molecule has 0 aliphatic carbocycles. The van der Waals surface area contributed by atoms with Crippen LogP contribution >= 0.6 is 0 Å². The molecule has 0 fully saturated rings. The first-order chi connectivity index (χ1) is 11.5. The molecule has 1 aromatic rings. The van der Waals surface area contributed by atoms with Gasteiger partial charge in [-0.25, -0.2) is 9.59 Å². The van der Waals surface area contributed by atoms with Crippen LogP contribution in [0.3, 0.4) is 0 Å². The molecule has 1 N–H and O–H groups in total. The summed E-state index contributed by atoms with van der Waals surface area (Å²) in [6, 6.07) is 7.95. The van der Waals surface area contributed by atoms with E-state index >= 15 is 0 Å². The monoisotopic (exact) mass is 335 g/mol. The van der Waals surface area contributed by atoms with Crippen LogP contribution in [0.4, 0.5) is 0 Å². The Labute approximate surface area is 140 Å². The van der Waals surface area contributed by atoms with Gasteiger partial charge in [0.2, 0.25) is 0 Å². The van der Waals surface area contributed by atoms with E-state index in [9.17, 15) is 14.4 Å². The number of ether oxygens (including phenoxy) is 3. The predicted molar refractivity (Wildman–Crippen MR) is 85.9 cm³/mol. The van der Waals surface area contributed by atoms with E-state index in [-0.39, 0.29) is 6.42 Å². The minimum absolute atomic E-state index is 0.0821. The van der Waals surface area contributed by atoms with E-state index < -0.39 is 30.0 Å². The van der Waals surface area contributed by atoms with E-state index in [1.807, 2.05) is 6.07 Å². The Bertz CT molecular complexity index is 584. The normalized spacial score (nSPS) is 13.1. The van der Waals surface area contributed by atoms with Crippen molar-refractivity contribution < 1.29 is 28.6 Å². The number of hydrogen-bond acceptors (Lipinski definition) is 6. The van der Waals surface area contributed by atoms with Crippen molar-refractivity contribution in [2.24, 2.45) is 0 Å². The molecular formula is C17H21NO6. The van der Waals surface area contributed by atoms with Gasteiger partial charge in [0.05, 0.1) is 14.2 Å². The quantitative estimate of drug-likeness (QED) is 0.566. The fourth-order valence-electron chi connectivity index (χ4n) is 1.99. The molecule has 130 valence electrons. The third-order valence-electron chi connectivity index (χ3n) is 3.21. The average Bonchev–Trinajstić information content (AvgIpc) is 2.61. The van der Waals surface area contributed by atoms with Crippen LogP contribution in [0.2, 0.25) is 0 Å². The second-order valence-electron chi connectivity index (χ2n) is 4.77. The molecule has 0 aliphatic rings. The molecule has 0 spiro atoms. The number of carbonyl (C=O) groups is 3. The zero-order chi connectivity index (χ0) is 17.9. The summed E-state index contributed by atoms with van der Waals surface area (Å²) < 4.78 is 14.4. The Morgan fingerprint density at radius 3 is 2.29 bits per heavy atom. The van der Waals surface area contributed by atoms with Crippen molar-refractivity contribution in [1.29, 1.82) is 0 Å². The van der Waals surface area contributed by atoms with Crippen LogP contribution in [-0.4, -0.2) is 45.2 Å². The maximum atomic E-state index is 12.4. The smallest absolute Gasteiger partial charge is 0.330 e. The van der Waals surface area contributed by atoms with Crippen molar-refractivity contribution in [3.63, 3.8) is 0 Å². The SMILES string of the molecule is COC(=O)/C=C/C[C@@H](NC(=O)[C@@H](OC)c1ccccc1)C(=O)OC. The highest BCUT2D eigenvalue weighted by Gasteiger charge is 2.26. The lowest BCUT2D eigenvalue weighted by Crippen LogP contribution is -2.43. The Hall–Kier alpha value is -2.67. The summed E-state index contributed by atoms with van der Waals surface area (Å²) >= 11 is 0. The van der Waals surface area contributed by atoms with Crippen molar-refractivity contribution in [3.8, 4) is 0 Å². The van der Waals surface area contributed by atoms with E-state index in [0.29, 0.717) is 5.56 Å². The van der Waals surface area contributed by atoms with Gasteiger partial charge in [0, 0.05) is 13.2 Å². The third kappa shape index (κ3) is 5.85. The fraction of sp³-hybridized carbons (Fsp3) is 0.353. The van der Waals surface area contributed by atoms with Crippen LogP contribution in [0.15, 0.2) is 42.5 Å². The zero-order valence-corrected chi connectivity index (χ0v) is 13.9. The van der Waals surface area contributed by atoms with Crippen LogP contribution in [-0.2, 0) is 28.6 Å². The molecule has 0 radical (unpaired) electrons. The molecule has 0 heterocycles. The molecule has 1 amide bonds. The van der Waals surface area contributed by atoms with E-state index in [1.54, 1.807) is 24.3 Å². The number of carbonyl (C=O) groups excluding carboxylic acids is 3.